The summed E-state index contributed by atoms with van der Waals surface area (Å²) in [6.45, 7) is 0. The van der Waals surface area contributed by atoms with E-state index in [-0.39, 0.29) is 21.8 Å². The molecule has 0 unspecified atom stereocenters. The number of hydrogen-bond donors (Lipinski definition) is 2. The molecule has 2 aromatic rings. The number of pyridine rings is 1. The molecule has 0 saturated carbocycles. The number of amides is 1. The fourth-order valence-corrected chi connectivity index (χ4v) is 2.30. The average molecular weight is 346 g/mol. The Morgan fingerprint density at radius 2 is 2.11 bits per heavy atom. The summed E-state index contributed by atoms with van der Waals surface area (Å²) in [5, 5.41) is 2.61. The molecule has 1 aromatic heterocycles. The van der Waals surface area contributed by atoms with E-state index in [2.05, 4.69) is 26.2 Å². The highest BCUT2D eigenvalue weighted by Crippen LogP contribution is 2.31. The van der Waals surface area contributed by atoms with Gasteiger partial charge in [0.05, 0.1) is 16.3 Å². The van der Waals surface area contributed by atoms with Crippen molar-refractivity contribution in [3.05, 3.63) is 61.7 Å². The van der Waals surface area contributed by atoms with Gasteiger partial charge in [-0.25, -0.2) is 4.39 Å². The lowest BCUT2D eigenvalue weighted by atomic mass is 10.2. The van der Waals surface area contributed by atoms with Crippen molar-refractivity contribution in [2.24, 2.45) is 0 Å². The van der Waals surface area contributed by atoms with Crippen LogP contribution in [0.4, 0.5) is 10.1 Å². The minimum Gasteiger partial charge on any atom is -0.328 e. The Bertz CT molecular complexity index is 659. The average Bonchev–Trinajstić information content (AvgIpc) is 2.34. The van der Waals surface area contributed by atoms with E-state index < -0.39 is 11.7 Å². The van der Waals surface area contributed by atoms with Gasteiger partial charge in [0, 0.05) is 16.7 Å². The van der Waals surface area contributed by atoms with Crippen LogP contribution in [0.3, 0.4) is 0 Å². The molecule has 0 saturated heterocycles. The number of hydrogen-bond acceptors (Lipinski definition) is 2. The van der Waals surface area contributed by atoms with E-state index in [1.54, 1.807) is 0 Å². The molecule has 19 heavy (non-hydrogen) atoms. The number of carbonyl (C=O) groups excluding carboxylic acids is 1. The third-order valence-electron chi connectivity index (χ3n) is 2.29. The summed E-state index contributed by atoms with van der Waals surface area (Å²) in [6, 6.07) is 4.89. The minimum atomic E-state index is -0.515. The molecule has 4 nitrogen and oxygen atoms in total. The Kier molecular flexibility index (Phi) is 4.01. The number of aromatic amines is 1. The molecule has 0 fully saturated rings. The molecule has 0 radical (unpaired) electrons. The maximum Gasteiger partial charge on any atom is 0.257 e. The zero-order chi connectivity index (χ0) is 14.0. The van der Waals surface area contributed by atoms with Gasteiger partial charge in [-0.05, 0) is 34.1 Å². The van der Waals surface area contributed by atoms with Gasteiger partial charge in [-0.3, -0.25) is 9.59 Å². The molecule has 0 bridgehead atoms. The van der Waals surface area contributed by atoms with Gasteiger partial charge in [-0.2, -0.15) is 0 Å². The summed E-state index contributed by atoms with van der Waals surface area (Å²) in [7, 11) is 0. The van der Waals surface area contributed by atoms with Crippen LogP contribution >= 0.6 is 27.5 Å². The second kappa shape index (κ2) is 5.54. The van der Waals surface area contributed by atoms with Gasteiger partial charge in [0.15, 0.2) is 0 Å². The number of carbonyl (C=O) groups is 1. The van der Waals surface area contributed by atoms with Gasteiger partial charge in [-0.1, -0.05) is 11.6 Å². The van der Waals surface area contributed by atoms with Crippen molar-refractivity contribution >= 4 is 39.1 Å². The first-order valence-electron chi connectivity index (χ1n) is 5.12. The molecule has 2 N–H and O–H groups in total. The van der Waals surface area contributed by atoms with Gasteiger partial charge < -0.3 is 10.3 Å². The Hall–Kier alpha value is -1.66. The van der Waals surface area contributed by atoms with Crippen LogP contribution in [0.5, 0.6) is 0 Å². The van der Waals surface area contributed by atoms with Gasteiger partial charge in [0.1, 0.15) is 5.82 Å². The lowest BCUT2D eigenvalue weighted by Crippen LogP contribution is -2.15. The molecule has 2 rings (SSSR count). The van der Waals surface area contributed by atoms with E-state index in [9.17, 15) is 14.0 Å². The zero-order valence-electron chi connectivity index (χ0n) is 9.34. The fraction of sp³-hybridized carbons (Fsp3) is 0. The van der Waals surface area contributed by atoms with E-state index in [1.165, 1.54) is 24.4 Å². The van der Waals surface area contributed by atoms with Crippen LogP contribution in [0.2, 0.25) is 5.02 Å². The molecular formula is C12H7BrClFN2O2. The fourth-order valence-electron chi connectivity index (χ4n) is 1.40. The number of halogens is 3. The quantitative estimate of drug-likeness (QED) is 0.878. The molecule has 1 amide bonds. The van der Waals surface area contributed by atoms with Crippen molar-refractivity contribution in [3.8, 4) is 0 Å². The highest BCUT2D eigenvalue weighted by molar-refractivity contribution is 9.10. The first kappa shape index (κ1) is 13.8. The lowest BCUT2D eigenvalue weighted by molar-refractivity contribution is 0.102. The summed E-state index contributed by atoms with van der Waals surface area (Å²) in [5.41, 5.74) is 0.212. The topological polar surface area (TPSA) is 62.0 Å². The third kappa shape index (κ3) is 3.21. The Labute approximate surface area is 120 Å². The standard InChI is InChI=1S/C12H7BrClFN2O2/c13-8-3-7(15)4-9(14)11(8)17-12(19)6-1-2-10(18)16-5-6/h1-5H,(H,16,18)(H,17,19). The lowest BCUT2D eigenvalue weighted by Gasteiger charge is -2.09. The Balaban J connectivity index is 2.29. The smallest absolute Gasteiger partial charge is 0.257 e. The van der Waals surface area contributed by atoms with Gasteiger partial charge >= 0.3 is 0 Å². The van der Waals surface area contributed by atoms with Crippen LogP contribution in [0.25, 0.3) is 0 Å². The van der Waals surface area contributed by atoms with Crippen molar-refractivity contribution in [1.82, 2.24) is 4.98 Å². The number of benzene rings is 1. The molecule has 1 heterocycles. The summed E-state index contributed by atoms with van der Waals surface area (Å²) in [4.78, 5) is 25.2. The van der Waals surface area contributed by atoms with E-state index in [0.29, 0.717) is 4.47 Å². The van der Waals surface area contributed by atoms with Crippen LogP contribution in [0.1, 0.15) is 10.4 Å². The van der Waals surface area contributed by atoms with Crippen molar-refractivity contribution in [2.45, 2.75) is 0 Å². The zero-order valence-corrected chi connectivity index (χ0v) is 11.7. The predicted octanol–water partition coefficient (Wildman–Crippen LogP) is 3.18. The predicted molar refractivity (Wildman–Crippen MR) is 74.1 cm³/mol. The van der Waals surface area contributed by atoms with Crippen LogP contribution in [0, 0.1) is 5.82 Å². The first-order valence-corrected chi connectivity index (χ1v) is 6.29. The number of anilines is 1. The highest BCUT2D eigenvalue weighted by Gasteiger charge is 2.12. The molecule has 0 aliphatic heterocycles. The number of H-pyrrole nitrogens is 1. The third-order valence-corrected chi connectivity index (χ3v) is 3.22. The Morgan fingerprint density at radius 3 is 2.68 bits per heavy atom. The normalized spacial score (nSPS) is 10.3. The second-order valence-corrected chi connectivity index (χ2v) is 4.90. The number of nitrogens with one attached hydrogen (secondary N) is 2. The molecule has 0 aliphatic rings. The largest absolute Gasteiger partial charge is 0.328 e. The summed E-state index contributed by atoms with van der Waals surface area (Å²) < 4.78 is 13.4. The van der Waals surface area contributed by atoms with Crippen molar-refractivity contribution in [2.75, 3.05) is 5.32 Å². The summed E-state index contributed by atoms with van der Waals surface area (Å²) in [5.74, 6) is -0.982. The minimum absolute atomic E-state index is 0.0737. The van der Waals surface area contributed by atoms with Crippen molar-refractivity contribution in [1.29, 1.82) is 0 Å². The van der Waals surface area contributed by atoms with E-state index >= 15 is 0 Å². The highest BCUT2D eigenvalue weighted by atomic mass is 79.9. The maximum atomic E-state index is 13.0. The first-order chi connectivity index (χ1) is 8.97. The summed E-state index contributed by atoms with van der Waals surface area (Å²) in [6.07, 6.45) is 1.28. The summed E-state index contributed by atoms with van der Waals surface area (Å²) >= 11 is 8.96. The van der Waals surface area contributed by atoms with Crippen molar-refractivity contribution < 1.29 is 9.18 Å². The molecule has 0 aliphatic carbocycles. The molecule has 98 valence electrons. The van der Waals surface area contributed by atoms with E-state index in [1.807, 2.05) is 0 Å². The van der Waals surface area contributed by atoms with E-state index in [0.717, 1.165) is 6.07 Å². The molecule has 0 atom stereocenters. The molecular weight excluding hydrogens is 338 g/mol. The second-order valence-electron chi connectivity index (χ2n) is 3.64. The monoisotopic (exact) mass is 344 g/mol. The molecule has 0 spiro atoms. The van der Waals surface area contributed by atoms with Gasteiger partial charge in [-0.15, -0.1) is 0 Å². The van der Waals surface area contributed by atoms with Crippen molar-refractivity contribution in [3.63, 3.8) is 0 Å². The SMILES string of the molecule is O=C(Nc1c(Cl)cc(F)cc1Br)c1ccc(=O)[nH]c1. The number of aromatic nitrogens is 1. The van der Waals surface area contributed by atoms with Crippen LogP contribution in [0.15, 0.2) is 39.7 Å². The van der Waals surface area contributed by atoms with Crippen LogP contribution in [-0.2, 0) is 0 Å². The van der Waals surface area contributed by atoms with Crippen LogP contribution < -0.4 is 10.9 Å². The molecule has 1 aromatic carbocycles. The van der Waals surface area contributed by atoms with Gasteiger partial charge in [0.25, 0.3) is 5.91 Å². The molecule has 7 heteroatoms. The maximum absolute atomic E-state index is 13.0. The van der Waals surface area contributed by atoms with Crippen LogP contribution in [-0.4, -0.2) is 10.9 Å². The van der Waals surface area contributed by atoms with Gasteiger partial charge in [0.2, 0.25) is 5.56 Å². The Morgan fingerprint density at radius 1 is 1.37 bits per heavy atom. The number of rotatable bonds is 2. The van der Waals surface area contributed by atoms with E-state index in [4.69, 9.17) is 11.6 Å².